The van der Waals surface area contributed by atoms with Crippen molar-refractivity contribution in [2.75, 3.05) is 6.61 Å². The van der Waals surface area contributed by atoms with Gasteiger partial charge in [0.25, 0.3) is 0 Å². The largest absolute Gasteiger partial charge is 0.395 e. The molecule has 2 heteroatoms. The minimum Gasteiger partial charge on any atom is -0.395 e. The summed E-state index contributed by atoms with van der Waals surface area (Å²) in [6.07, 6.45) is 2.73. The molecule has 72 valence electrons. The van der Waals surface area contributed by atoms with Gasteiger partial charge in [0.2, 0.25) is 0 Å². The van der Waals surface area contributed by atoms with Crippen LogP contribution in [0.3, 0.4) is 0 Å². The van der Waals surface area contributed by atoms with Crippen molar-refractivity contribution in [1.29, 1.82) is 0 Å². The standard InChI is InChI=1S/C10H21NO/c1-7(2)10(6-12)11-8(3)9-4-5-9/h7-12H,4-6H2,1-3H3/t8?,10-/m1/s1. The van der Waals surface area contributed by atoms with Gasteiger partial charge in [-0.3, -0.25) is 0 Å². The van der Waals surface area contributed by atoms with Crippen molar-refractivity contribution in [2.24, 2.45) is 11.8 Å². The first-order valence-corrected chi connectivity index (χ1v) is 5.02. The zero-order valence-corrected chi connectivity index (χ0v) is 8.38. The lowest BCUT2D eigenvalue weighted by Crippen LogP contribution is -2.43. The van der Waals surface area contributed by atoms with E-state index in [1.165, 1.54) is 12.8 Å². The van der Waals surface area contributed by atoms with Crippen LogP contribution >= 0.6 is 0 Å². The highest BCUT2D eigenvalue weighted by atomic mass is 16.3. The van der Waals surface area contributed by atoms with E-state index >= 15 is 0 Å². The van der Waals surface area contributed by atoms with Crippen molar-refractivity contribution in [1.82, 2.24) is 5.32 Å². The molecule has 0 aromatic heterocycles. The predicted octanol–water partition coefficient (Wildman–Crippen LogP) is 1.39. The SMILES string of the molecule is CC(N[C@H](CO)C(C)C)C1CC1. The minimum absolute atomic E-state index is 0.259. The van der Waals surface area contributed by atoms with Crippen LogP contribution in [0.2, 0.25) is 0 Å². The van der Waals surface area contributed by atoms with Gasteiger partial charge in [0.1, 0.15) is 0 Å². The number of nitrogens with one attached hydrogen (secondary N) is 1. The van der Waals surface area contributed by atoms with Gasteiger partial charge in [0.15, 0.2) is 0 Å². The summed E-state index contributed by atoms with van der Waals surface area (Å²) in [7, 11) is 0. The molecule has 0 amide bonds. The molecule has 0 spiro atoms. The fourth-order valence-corrected chi connectivity index (χ4v) is 1.53. The fourth-order valence-electron chi connectivity index (χ4n) is 1.53. The van der Waals surface area contributed by atoms with Crippen molar-refractivity contribution in [3.8, 4) is 0 Å². The lowest BCUT2D eigenvalue weighted by Gasteiger charge is -2.24. The van der Waals surface area contributed by atoms with Gasteiger partial charge in [-0.15, -0.1) is 0 Å². The Labute approximate surface area is 75.4 Å². The summed E-state index contributed by atoms with van der Waals surface area (Å²) in [5.41, 5.74) is 0. The Hall–Kier alpha value is -0.0800. The van der Waals surface area contributed by atoms with Crippen LogP contribution in [0.15, 0.2) is 0 Å². The summed E-state index contributed by atoms with van der Waals surface area (Å²) >= 11 is 0. The summed E-state index contributed by atoms with van der Waals surface area (Å²) in [6, 6.07) is 0.866. The highest BCUT2D eigenvalue weighted by Crippen LogP contribution is 2.32. The molecule has 1 fully saturated rings. The van der Waals surface area contributed by atoms with Crippen LogP contribution in [0.25, 0.3) is 0 Å². The van der Waals surface area contributed by atoms with Gasteiger partial charge in [-0.2, -0.15) is 0 Å². The fraction of sp³-hybridized carbons (Fsp3) is 1.00. The van der Waals surface area contributed by atoms with Crippen LogP contribution in [-0.4, -0.2) is 23.8 Å². The number of hydrogen-bond donors (Lipinski definition) is 2. The molecular weight excluding hydrogens is 150 g/mol. The molecular formula is C10H21NO. The molecule has 2 N–H and O–H groups in total. The van der Waals surface area contributed by atoms with E-state index in [9.17, 15) is 0 Å². The van der Waals surface area contributed by atoms with E-state index in [-0.39, 0.29) is 12.6 Å². The maximum absolute atomic E-state index is 9.09. The molecule has 1 aliphatic carbocycles. The van der Waals surface area contributed by atoms with Crippen LogP contribution in [-0.2, 0) is 0 Å². The Morgan fingerprint density at radius 1 is 1.33 bits per heavy atom. The van der Waals surface area contributed by atoms with Gasteiger partial charge < -0.3 is 10.4 Å². The third-order valence-corrected chi connectivity index (χ3v) is 2.81. The number of aliphatic hydroxyl groups is 1. The third kappa shape index (κ3) is 2.76. The van der Waals surface area contributed by atoms with Crippen LogP contribution in [0.5, 0.6) is 0 Å². The van der Waals surface area contributed by atoms with Gasteiger partial charge in [-0.25, -0.2) is 0 Å². The van der Waals surface area contributed by atoms with E-state index in [1.807, 2.05) is 0 Å². The third-order valence-electron chi connectivity index (χ3n) is 2.81. The molecule has 0 radical (unpaired) electrons. The highest BCUT2D eigenvalue weighted by molar-refractivity contribution is 4.86. The van der Waals surface area contributed by atoms with Crippen LogP contribution in [0, 0.1) is 11.8 Å². The van der Waals surface area contributed by atoms with Gasteiger partial charge in [-0.05, 0) is 31.6 Å². The van der Waals surface area contributed by atoms with E-state index < -0.39 is 0 Å². The van der Waals surface area contributed by atoms with E-state index in [2.05, 4.69) is 26.1 Å². The molecule has 1 rings (SSSR count). The van der Waals surface area contributed by atoms with Gasteiger partial charge in [0, 0.05) is 12.1 Å². The van der Waals surface area contributed by atoms with Crippen molar-refractivity contribution < 1.29 is 5.11 Å². The van der Waals surface area contributed by atoms with Crippen LogP contribution < -0.4 is 5.32 Å². The zero-order chi connectivity index (χ0) is 9.14. The molecule has 0 bridgehead atoms. The monoisotopic (exact) mass is 171 g/mol. The molecule has 2 atom stereocenters. The number of hydrogen-bond acceptors (Lipinski definition) is 2. The molecule has 0 heterocycles. The lowest BCUT2D eigenvalue weighted by atomic mass is 10.0. The van der Waals surface area contributed by atoms with Gasteiger partial charge in [0.05, 0.1) is 6.61 Å². The Balaban J connectivity index is 2.25. The Kier molecular flexibility index (Phi) is 3.53. The van der Waals surface area contributed by atoms with E-state index in [4.69, 9.17) is 5.11 Å². The van der Waals surface area contributed by atoms with Crippen LogP contribution in [0.4, 0.5) is 0 Å². The van der Waals surface area contributed by atoms with Crippen molar-refractivity contribution in [3.63, 3.8) is 0 Å². The second kappa shape index (κ2) is 4.24. The first-order valence-electron chi connectivity index (χ1n) is 5.02. The second-order valence-corrected chi connectivity index (χ2v) is 4.33. The number of aliphatic hydroxyl groups excluding tert-OH is 1. The molecule has 0 aliphatic heterocycles. The first-order chi connectivity index (χ1) is 5.65. The second-order valence-electron chi connectivity index (χ2n) is 4.33. The Bertz CT molecular complexity index is 132. The van der Waals surface area contributed by atoms with E-state index in [0.29, 0.717) is 12.0 Å². The zero-order valence-electron chi connectivity index (χ0n) is 8.38. The first kappa shape index (κ1) is 10.0. The van der Waals surface area contributed by atoms with Crippen molar-refractivity contribution in [3.05, 3.63) is 0 Å². The molecule has 0 aromatic rings. The Morgan fingerprint density at radius 2 is 1.92 bits per heavy atom. The molecule has 12 heavy (non-hydrogen) atoms. The highest BCUT2D eigenvalue weighted by Gasteiger charge is 2.29. The molecule has 1 unspecified atom stereocenters. The predicted molar refractivity (Wildman–Crippen MR) is 51.0 cm³/mol. The molecule has 0 aromatic carbocycles. The maximum atomic E-state index is 9.09. The van der Waals surface area contributed by atoms with E-state index in [1.54, 1.807) is 0 Å². The van der Waals surface area contributed by atoms with Crippen LogP contribution in [0.1, 0.15) is 33.6 Å². The topological polar surface area (TPSA) is 32.3 Å². The minimum atomic E-state index is 0.259. The average Bonchev–Trinajstić information content (AvgIpc) is 2.80. The summed E-state index contributed by atoms with van der Waals surface area (Å²) in [5.74, 6) is 1.40. The summed E-state index contributed by atoms with van der Waals surface area (Å²) < 4.78 is 0. The summed E-state index contributed by atoms with van der Waals surface area (Å²) in [4.78, 5) is 0. The Morgan fingerprint density at radius 3 is 2.25 bits per heavy atom. The lowest BCUT2D eigenvalue weighted by molar-refractivity contribution is 0.197. The van der Waals surface area contributed by atoms with E-state index in [0.717, 1.165) is 5.92 Å². The smallest absolute Gasteiger partial charge is 0.0587 e. The average molecular weight is 171 g/mol. The normalized spacial score (nSPS) is 22.8. The van der Waals surface area contributed by atoms with Crippen molar-refractivity contribution >= 4 is 0 Å². The molecule has 1 saturated carbocycles. The quantitative estimate of drug-likeness (QED) is 0.655. The summed E-state index contributed by atoms with van der Waals surface area (Å²) in [5, 5.41) is 12.6. The van der Waals surface area contributed by atoms with Gasteiger partial charge >= 0.3 is 0 Å². The summed E-state index contributed by atoms with van der Waals surface area (Å²) in [6.45, 7) is 6.78. The molecule has 0 saturated heterocycles. The molecule has 1 aliphatic rings. The van der Waals surface area contributed by atoms with Crippen molar-refractivity contribution in [2.45, 2.75) is 45.7 Å². The molecule has 2 nitrogen and oxygen atoms in total. The number of rotatable bonds is 5. The maximum Gasteiger partial charge on any atom is 0.0587 e. The van der Waals surface area contributed by atoms with Gasteiger partial charge in [-0.1, -0.05) is 13.8 Å².